The lowest BCUT2D eigenvalue weighted by molar-refractivity contribution is -0.136. The number of nitrogens with two attached hydrogens (primary N) is 1. The maximum absolute atomic E-state index is 11.0. The number of hydrogen-bond donors (Lipinski definition) is 2. The predicted octanol–water partition coefficient (Wildman–Crippen LogP) is 0.456. The van der Waals surface area contributed by atoms with Crippen molar-refractivity contribution in [1.82, 2.24) is 0 Å². The third-order valence-electron chi connectivity index (χ3n) is 1.21. The Labute approximate surface area is 82.0 Å². The molecule has 0 saturated carbocycles. The van der Waals surface area contributed by atoms with Crippen molar-refractivity contribution in [2.45, 2.75) is 19.4 Å². The summed E-state index contributed by atoms with van der Waals surface area (Å²) in [7, 11) is 0. The van der Waals surface area contributed by atoms with Crippen LogP contribution in [0.2, 0.25) is 0 Å². The highest BCUT2D eigenvalue weighted by Crippen LogP contribution is 2.08. The van der Waals surface area contributed by atoms with Gasteiger partial charge in [-0.2, -0.15) is 0 Å². The summed E-state index contributed by atoms with van der Waals surface area (Å²) < 4.78 is 9.05. The monoisotopic (exact) mass is 209 g/mol. The average Bonchev–Trinajstić information content (AvgIpc) is 2.03. The molecule has 6 heteroatoms. The molecule has 0 aliphatic carbocycles. The number of carbonyl (C=O) groups is 1. The van der Waals surface area contributed by atoms with E-state index in [0.717, 1.165) is 0 Å². The van der Waals surface area contributed by atoms with Crippen LogP contribution in [0, 0.1) is 0 Å². The third kappa shape index (κ3) is 2.62. The van der Waals surface area contributed by atoms with Crippen LogP contribution in [-0.4, -0.2) is 23.2 Å². The standard InChI is InChI=1S/C6H11NO3S2/c1-3-9-5(11)6(2,7)4(8)10-12/h12H,3,7H2,1-2H3. The van der Waals surface area contributed by atoms with Crippen LogP contribution < -0.4 is 5.73 Å². The van der Waals surface area contributed by atoms with E-state index in [1.165, 1.54) is 6.92 Å². The van der Waals surface area contributed by atoms with Gasteiger partial charge in [0.25, 0.3) is 0 Å². The molecule has 0 aliphatic rings. The molecular formula is C6H11NO3S2. The molecule has 0 spiro atoms. The van der Waals surface area contributed by atoms with Crippen molar-refractivity contribution in [3.63, 3.8) is 0 Å². The second-order valence-corrected chi connectivity index (χ2v) is 2.85. The smallest absolute Gasteiger partial charge is 0.346 e. The number of carbonyl (C=O) groups excluding carboxylic acids is 1. The summed E-state index contributed by atoms with van der Waals surface area (Å²) >= 11 is 8.08. The number of hydrogen-bond acceptors (Lipinski definition) is 6. The van der Waals surface area contributed by atoms with E-state index < -0.39 is 11.5 Å². The molecule has 0 fully saturated rings. The number of thiol groups is 1. The highest BCUT2D eigenvalue weighted by atomic mass is 32.1. The molecule has 1 atom stereocenters. The van der Waals surface area contributed by atoms with E-state index in [4.69, 9.17) is 22.7 Å². The van der Waals surface area contributed by atoms with Gasteiger partial charge in [0.2, 0.25) is 0 Å². The highest BCUT2D eigenvalue weighted by molar-refractivity contribution is 7.80. The lowest BCUT2D eigenvalue weighted by Crippen LogP contribution is -2.52. The van der Waals surface area contributed by atoms with Gasteiger partial charge in [-0.05, 0) is 26.1 Å². The van der Waals surface area contributed by atoms with Crippen molar-refractivity contribution >= 4 is 36.1 Å². The second-order valence-electron chi connectivity index (χ2n) is 2.30. The molecule has 12 heavy (non-hydrogen) atoms. The van der Waals surface area contributed by atoms with Crippen LogP contribution >= 0.6 is 25.1 Å². The Balaban J connectivity index is 4.38. The van der Waals surface area contributed by atoms with E-state index in [2.05, 4.69) is 17.1 Å². The quantitative estimate of drug-likeness (QED) is 0.401. The minimum absolute atomic E-state index is 0.00375. The molecule has 0 aromatic heterocycles. The Hall–Kier alpha value is -0.330. The lowest BCUT2D eigenvalue weighted by Gasteiger charge is -2.20. The van der Waals surface area contributed by atoms with Gasteiger partial charge < -0.3 is 14.7 Å². The zero-order valence-electron chi connectivity index (χ0n) is 6.86. The lowest BCUT2D eigenvalue weighted by atomic mass is 10.1. The van der Waals surface area contributed by atoms with Gasteiger partial charge in [0.1, 0.15) is 0 Å². The fourth-order valence-corrected chi connectivity index (χ4v) is 0.850. The molecule has 0 radical (unpaired) electrons. The first kappa shape index (κ1) is 11.7. The first-order chi connectivity index (χ1) is 5.46. The Kier molecular flexibility index (Phi) is 4.51. The Morgan fingerprint density at radius 1 is 1.75 bits per heavy atom. The Bertz CT molecular complexity index is 193. The molecule has 0 aliphatic heterocycles. The van der Waals surface area contributed by atoms with Crippen LogP contribution in [0.15, 0.2) is 0 Å². The van der Waals surface area contributed by atoms with Gasteiger partial charge in [-0.15, -0.1) is 0 Å². The fraction of sp³-hybridized carbons (Fsp3) is 0.667. The van der Waals surface area contributed by atoms with Gasteiger partial charge in [0.15, 0.2) is 10.6 Å². The first-order valence-electron chi connectivity index (χ1n) is 3.28. The molecular weight excluding hydrogens is 198 g/mol. The Morgan fingerprint density at radius 3 is 2.58 bits per heavy atom. The van der Waals surface area contributed by atoms with Gasteiger partial charge in [0, 0.05) is 12.9 Å². The van der Waals surface area contributed by atoms with Gasteiger partial charge >= 0.3 is 5.97 Å². The summed E-state index contributed by atoms with van der Waals surface area (Å²) in [5.41, 5.74) is 4.10. The minimum Gasteiger partial charge on any atom is -0.485 e. The van der Waals surface area contributed by atoms with Crippen LogP contribution in [0.4, 0.5) is 0 Å². The van der Waals surface area contributed by atoms with E-state index in [0.29, 0.717) is 6.61 Å². The number of thiocarbonyl (C=S) groups is 1. The summed E-state index contributed by atoms with van der Waals surface area (Å²) in [6.45, 7) is 3.52. The molecule has 0 amide bonds. The summed E-state index contributed by atoms with van der Waals surface area (Å²) in [6.07, 6.45) is 0. The van der Waals surface area contributed by atoms with Crippen molar-refractivity contribution in [3.05, 3.63) is 0 Å². The fourth-order valence-electron chi connectivity index (χ4n) is 0.459. The van der Waals surface area contributed by atoms with Crippen LogP contribution in [0.5, 0.6) is 0 Å². The molecule has 2 N–H and O–H groups in total. The largest absolute Gasteiger partial charge is 0.485 e. The zero-order valence-corrected chi connectivity index (χ0v) is 8.58. The first-order valence-corrected chi connectivity index (χ1v) is 4.06. The SMILES string of the molecule is CCOC(=S)C(C)(N)C(=O)OS. The molecule has 0 aromatic rings. The molecule has 0 rings (SSSR count). The Morgan fingerprint density at radius 2 is 2.25 bits per heavy atom. The molecule has 0 aromatic carbocycles. The minimum atomic E-state index is -1.41. The maximum Gasteiger partial charge on any atom is 0.346 e. The molecule has 4 nitrogen and oxygen atoms in total. The van der Waals surface area contributed by atoms with Crippen LogP contribution in [-0.2, 0) is 13.7 Å². The van der Waals surface area contributed by atoms with Gasteiger partial charge in [0.05, 0.1) is 6.61 Å². The predicted molar refractivity (Wildman–Crippen MR) is 51.9 cm³/mol. The normalized spacial score (nSPS) is 14.7. The van der Waals surface area contributed by atoms with Crippen molar-refractivity contribution in [2.24, 2.45) is 5.73 Å². The third-order valence-corrected chi connectivity index (χ3v) is 1.91. The summed E-state index contributed by atoms with van der Waals surface area (Å²) in [6, 6.07) is 0. The molecule has 0 bridgehead atoms. The molecule has 1 unspecified atom stereocenters. The highest BCUT2D eigenvalue weighted by Gasteiger charge is 2.36. The molecule has 0 heterocycles. The molecule has 0 saturated heterocycles. The summed E-state index contributed by atoms with van der Waals surface area (Å²) in [5, 5.41) is 0.00375. The van der Waals surface area contributed by atoms with Crippen LogP contribution in [0.25, 0.3) is 0 Å². The van der Waals surface area contributed by atoms with Crippen molar-refractivity contribution < 1.29 is 13.7 Å². The van der Waals surface area contributed by atoms with Crippen molar-refractivity contribution in [3.8, 4) is 0 Å². The van der Waals surface area contributed by atoms with Crippen LogP contribution in [0.1, 0.15) is 13.8 Å². The van der Waals surface area contributed by atoms with Gasteiger partial charge in [-0.1, -0.05) is 0 Å². The van der Waals surface area contributed by atoms with E-state index >= 15 is 0 Å². The maximum atomic E-state index is 11.0. The topological polar surface area (TPSA) is 61.5 Å². The average molecular weight is 209 g/mol. The van der Waals surface area contributed by atoms with Crippen LogP contribution in [0.3, 0.4) is 0 Å². The zero-order chi connectivity index (χ0) is 9.78. The van der Waals surface area contributed by atoms with Gasteiger partial charge in [-0.25, -0.2) is 4.79 Å². The van der Waals surface area contributed by atoms with Gasteiger partial charge in [-0.3, -0.25) is 0 Å². The van der Waals surface area contributed by atoms with E-state index in [1.807, 2.05) is 0 Å². The van der Waals surface area contributed by atoms with E-state index in [1.54, 1.807) is 6.92 Å². The second kappa shape index (κ2) is 4.64. The van der Waals surface area contributed by atoms with Crippen molar-refractivity contribution in [2.75, 3.05) is 6.61 Å². The summed E-state index contributed by atoms with van der Waals surface area (Å²) in [5.74, 6) is -0.732. The number of rotatable bonds is 3. The molecule has 70 valence electrons. The summed E-state index contributed by atoms with van der Waals surface area (Å²) in [4.78, 5) is 11.0. The van der Waals surface area contributed by atoms with E-state index in [9.17, 15) is 4.79 Å². The van der Waals surface area contributed by atoms with E-state index in [-0.39, 0.29) is 5.05 Å². The van der Waals surface area contributed by atoms with Crippen molar-refractivity contribution in [1.29, 1.82) is 0 Å². The number of ether oxygens (including phenoxy) is 1.